The normalized spacial score (nSPS) is 25.4. The molecule has 2 fully saturated rings. The Balaban J connectivity index is 1.66. The standard InChI is InChI=1S/C14H21N3O/c1-3-12(11-17-7-9-18-10-8-17)16-14(4-1)13-5-2-6-15-13/h1,3-4,13,15H,2,5-11H2. The van der Waals surface area contributed by atoms with Crippen molar-refractivity contribution in [3.8, 4) is 0 Å². The first-order valence-electron chi connectivity index (χ1n) is 6.91. The third kappa shape index (κ3) is 2.88. The monoisotopic (exact) mass is 247 g/mol. The molecule has 1 aromatic heterocycles. The molecule has 0 spiro atoms. The van der Waals surface area contributed by atoms with Crippen LogP contribution in [0.4, 0.5) is 0 Å². The molecule has 0 saturated carbocycles. The minimum Gasteiger partial charge on any atom is -0.379 e. The molecule has 2 aliphatic heterocycles. The molecule has 0 aromatic carbocycles. The molecule has 3 rings (SSSR count). The summed E-state index contributed by atoms with van der Waals surface area (Å²) in [4.78, 5) is 7.22. The summed E-state index contributed by atoms with van der Waals surface area (Å²) in [5.74, 6) is 0. The van der Waals surface area contributed by atoms with Crippen LogP contribution in [-0.2, 0) is 11.3 Å². The van der Waals surface area contributed by atoms with Gasteiger partial charge in [0, 0.05) is 25.7 Å². The summed E-state index contributed by atoms with van der Waals surface area (Å²) in [5.41, 5.74) is 2.39. The lowest BCUT2D eigenvalue weighted by Gasteiger charge is -2.26. The van der Waals surface area contributed by atoms with Crippen LogP contribution in [0.2, 0.25) is 0 Å². The Hall–Kier alpha value is -0.970. The molecule has 98 valence electrons. The van der Waals surface area contributed by atoms with Gasteiger partial charge in [0.05, 0.1) is 24.6 Å². The largest absolute Gasteiger partial charge is 0.379 e. The first-order chi connectivity index (χ1) is 8.92. The van der Waals surface area contributed by atoms with Crippen molar-refractivity contribution in [3.63, 3.8) is 0 Å². The van der Waals surface area contributed by atoms with Crippen molar-refractivity contribution in [2.75, 3.05) is 32.8 Å². The highest BCUT2D eigenvalue weighted by Crippen LogP contribution is 2.21. The number of morpholine rings is 1. The van der Waals surface area contributed by atoms with E-state index in [2.05, 4.69) is 28.4 Å². The third-order valence-corrected chi connectivity index (χ3v) is 3.73. The number of hydrogen-bond acceptors (Lipinski definition) is 4. The Kier molecular flexibility index (Phi) is 3.88. The fraction of sp³-hybridized carbons (Fsp3) is 0.643. The SMILES string of the molecule is c1cc(CN2CCOCC2)nc(C2CCCN2)c1. The van der Waals surface area contributed by atoms with Crippen LogP contribution in [0.1, 0.15) is 30.3 Å². The predicted molar refractivity (Wildman–Crippen MR) is 70.3 cm³/mol. The number of nitrogens with zero attached hydrogens (tertiary/aromatic N) is 2. The van der Waals surface area contributed by atoms with Gasteiger partial charge in [0.15, 0.2) is 0 Å². The lowest BCUT2D eigenvalue weighted by atomic mass is 10.1. The van der Waals surface area contributed by atoms with Crippen LogP contribution in [0.3, 0.4) is 0 Å². The molecule has 2 aliphatic rings. The highest BCUT2D eigenvalue weighted by molar-refractivity contribution is 5.15. The van der Waals surface area contributed by atoms with E-state index in [0.717, 1.165) is 39.4 Å². The van der Waals surface area contributed by atoms with E-state index in [-0.39, 0.29) is 0 Å². The van der Waals surface area contributed by atoms with Gasteiger partial charge in [0.1, 0.15) is 0 Å². The van der Waals surface area contributed by atoms with Crippen LogP contribution in [-0.4, -0.2) is 42.7 Å². The number of pyridine rings is 1. The van der Waals surface area contributed by atoms with E-state index >= 15 is 0 Å². The van der Waals surface area contributed by atoms with E-state index in [0.29, 0.717) is 6.04 Å². The Labute approximate surface area is 108 Å². The van der Waals surface area contributed by atoms with Crippen LogP contribution >= 0.6 is 0 Å². The summed E-state index contributed by atoms with van der Waals surface area (Å²) >= 11 is 0. The van der Waals surface area contributed by atoms with Gasteiger partial charge in [-0.3, -0.25) is 9.88 Å². The molecule has 4 nitrogen and oxygen atoms in total. The van der Waals surface area contributed by atoms with Gasteiger partial charge in [0.2, 0.25) is 0 Å². The highest BCUT2D eigenvalue weighted by atomic mass is 16.5. The smallest absolute Gasteiger partial charge is 0.0594 e. The van der Waals surface area contributed by atoms with Crippen LogP contribution in [0.25, 0.3) is 0 Å². The molecule has 0 amide bonds. The summed E-state index contributed by atoms with van der Waals surface area (Å²) in [6, 6.07) is 6.88. The van der Waals surface area contributed by atoms with E-state index in [1.54, 1.807) is 0 Å². The van der Waals surface area contributed by atoms with Gasteiger partial charge in [-0.1, -0.05) is 6.07 Å². The second-order valence-electron chi connectivity index (χ2n) is 5.09. The van der Waals surface area contributed by atoms with E-state index in [1.165, 1.54) is 24.2 Å². The van der Waals surface area contributed by atoms with E-state index < -0.39 is 0 Å². The van der Waals surface area contributed by atoms with Crippen molar-refractivity contribution >= 4 is 0 Å². The fourth-order valence-corrected chi connectivity index (χ4v) is 2.71. The summed E-state index contributed by atoms with van der Waals surface area (Å²) in [5, 5.41) is 3.51. The van der Waals surface area contributed by atoms with Crippen molar-refractivity contribution in [1.82, 2.24) is 15.2 Å². The van der Waals surface area contributed by atoms with Crippen LogP contribution < -0.4 is 5.32 Å². The Morgan fingerprint density at radius 1 is 1.33 bits per heavy atom. The zero-order valence-corrected chi connectivity index (χ0v) is 10.8. The predicted octanol–water partition coefficient (Wildman–Crippen LogP) is 1.34. The number of nitrogens with one attached hydrogen (secondary N) is 1. The number of aromatic nitrogens is 1. The van der Waals surface area contributed by atoms with Crippen molar-refractivity contribution < 1.29 is 4.74 Å². The zero-order valence-electron chi connectivity index (χ0n) is 10.8. The van der Waals surface area contributed by atoms with Gasteiger partial charge in [0.25, 0.3) is 0 Å². The van der Waals surface area contributed by atoms with Gasteiger partial charge in [-0.05, 0) is 31.5 Å². The van der Waals surface area contributed by atoms with Crippen LogP contribution in [0.5, 0.6) is 0 Å². The average molecular weight is 247 g/mol. The minimum atomic E-state index is 0.467. The van der Waals surface area contributed by atoms with Gasteiger partial charge >= 0.3 is 0 Å². The van der Waals surface area contributed by atoms with Gasteiger partial charge in [-0.25, -0.2) is 0 Å². The molecular weight excluding hydrogens is 226 g/mol. The maximum absolute atomic E-state index is 5.37. The van der Waals surface area contributed by atoms with Crippen molar-refractivity contribution in [1.29, 1.82) is 0 Å². The highest BCUT2D eigenvalue weighted by Gasteiger charge is 2.18. The summed E-state index contributed by atoms with van der Waals surface area (Å²) in [7, 11) is 0. The van der Waals surface area contributed by atoms with E-state index in [4.69, 9.17) is 9.72 Å². The van der Waals surface area contributed by atoms with Crippen molar-refractivity contribution in [2.45, 2.75) is 25.4 Å². The van der Waals surface area contributed by atoms with Crippen molar-refractivity contribution in [2.24, 2.45) is 0 Å². The number of ether oxygens (including phenoxy) is 1. The molecule has 3 heterocycles. The molecule has 1 N–H and O–H groups in total. The first-order valence-corrected chi connectivity index (χ1v) is 6.91. The molecule has 0 radical (unpaired) electrons. The molecule has 1 aromatic rings. The molecule has 1 atom stereocenters. The van der Waals surface area contributed by atoms with Crippen molar-refractivity contribution in [3.05, 3.63) is 29.6 Å². The molecular formula is C14H21N3O. The van der Waals surface area contributed by atoms with E-state index in [1.807, 2.05) is 0 Å². The van der Waals surface area contributed by atoms with Gasteiger partial charge in [-0.15, -0.1) is 0 Å². The zero-order chi connectivity index (χ0) is 12.2. The lowest BCUT2D eigenvalue weighted by molar-refractivity contribution is 0.0336. The molecule has 4 heteroatoms. The van der Waals surface area contributed by atoms with Gasteiger partial charge in [-0.2, -0.15) is 0 Å². The Morgan fingerprint density at radius 3 is 3.00 bits per heavy atom. The second kappa shape index (κ2) is 5.78. The number of rotatable bonds is 3. The van der Waals surface area contributed by atoms with E-state index in [9.17, 15) is 0 Å². The molecule has 1 unspecified atom stereocenters. The lowest BCUT2D eigenvalue weighted by Crippen LogP contribution is -2.36. The summed E-state index contributed by atoms with van der Waals surface area (Å²) < 4.78 is 5.37. The summed E-state index contributed by atoms with van der Waals surface area (Å²) in [6.45, 7) is 5.82. The summed E-state index contributed by atoms with van der Waals surface area (Å²) in [6.07, 6.45) is 2.48. The first kappa shape index (κ1) is 12.1. The molecule has 0 aliphatic carbocycles. The average Bonchev–Trinajstić information content (AvgIpc) is 2.94. The third-order valence-electron chi connectivity index (χ3n) is 3.73. The van der Waals surface area contributed by atoms with Crippen LogP contribution in [0.15, 0.2) is 18.2 Å². The Morgan fingerprint density at radius 2 is 2.22 bits per heavy atom. The second-order valence-corrected chi connectivity index (χ2v) is 5.09. The quantitative estimate of drug-likeness (QED) is 0.874. The molecule has 18 heavy (non-hydrogen) atoms. The molecule has 0 bridgehead atoms. The topological polar surface area (TPSA) is 37.4 Å². The maximum Gasteiger partial charge on any atom is 0.0594 e. The van der Waals surface area contributed by atoms with Gasteiger partial charge < -0.3 is 10.1 Å². The Bertz CT molecular complexity index is 384. The fourth-order valence-electron chi connectivity index (χ4n) is 2.71. The van der Waals surface area contributed by atoms with Crippen LogP contribution in [0, 0.1) is 0 Å². The minimum absolute atomic E-state index is 0.467. The molecule has 2 saturated heterocycles. The maximum atomic E-state index is 5.37. The number of hydrogen-bond donors (Lipinski definition) is 1.